The highest BCUT2D eigenvalue weighted by molar-refractivity contribution is 7.90. The number of nitrogens with one attached hydrogen (secondary N) is 1. The molecule has 0 bridgehead atoms. The first-order valence-corrected chi connectivity index (χ1v) is 10.3. The van der Waals surface area contributed by atoms with E-state index >= 15 is 0 Å². The second-order valence-electron chi connectivity index (χ2n) is 6.68. The molecule has 1 heterocycles. The van der Waals surface area contributed by atoms with Crippen LogP contribution in [0.3, 0.4) is 0 Å². The molecule has 1 fully saturated rings. The highest BCUT2D eigenvalue weighted by atomic mass is 32.2. The van der Waals surface area contributed by atoms with Crippen molar-refractivity contribution in [2.24, 2.45) is 4.40 Å². The molecule has 0 atom stereocenters. The Morgan fingerprint density at radius 1 is 1.04 bits per heavy atom. The first-order valence-electron chi connectivity index (χ1n) is 8.84. The first kappa shape index (κ1) is 19.8. The number of aryl methyl sites for hydroxylation is 1. The van der Waals surface area contributed by atoms with Crippen LogP contribution in [0.2, 0.25) is 0 Å². The number of carbonyl (C=O) groups excluding carboxylic acids is 2. The number of likely N-dealkylation sites (tertiary alicyclic amines) is 1. The fraction of sp³-hybridized carbons (Fsp3) is 0.250. The lowest BCUT2D eigenvalue weighted by molar-refractivity contribution is -0.112. The zero-order valence-electron chi connectivity index (χ0n) is 15.7. The van der Waals surface area contributed by atoms with E-state index in [9.17, 15) is 18.0 Å². The van der Waals surface area contributed by atoms with Crippen molar-refractivity contribution >= 4 is 33.2 Å². The molecule has 28 heavy (non-hydrogen) atoms. The van der Waals surface area contributed by atoms with Gasteiger partial charge in [-0.15, -0.1) is 4.40 Å². The van der Waals surface area contributed by atoms with Crippen LogP contribution in [0.5, 0.6) is 0 Å². The minimum atomic E-state index is -3.82. The third-order valence-electron chi connectivity index (χ3n) is 4.49. The van der Waals surface area contributed by atoms with Crippen molar-refractivity contribution < 1.29 is 18.0 Å². The van der Waals surface area contributed by atoms with Crippen molar-refractivity contribution in [3.8, 4) is 0 Å². The Morgan fingerprint density at radius 2 is 1.68 bits per heavy atom. The quantitative estimate of drug-likeness (QED) is 0.616. The largest absolute Gasteiger partial charge is 0.362 e. The van der Waals surface area contributed by atoms with Crippen LogP contribution >= 0.6 is 0 Å². The minimum Gasteiger partial charge on any atom is -0.362 e. The summed E-state index contributed by atoms with van der Waals surface area (Å²) < 4.78 is 28.8. The Morgan fingerprint density at radius 3 is 2.25 bits per heavy atom. The molecule has 1 N–H and O–H groups in total. The van der Waals surface area contributed by atoms with Gasteiger partial charge in [-0.2, -0.15) is 8.42 Å². The van der Waals surface area contributed by atoms with Gasteiger partial charge in [-0.3, -0.25) is 9.59 Å². The molecule has 7 nitrogen and oxygen atoms in total. The number of nitrogens with zero attached hydrogens (tertiary/aromatic N) is 2. The van der Waals surface area contributed by atoms with E-state index in [0.29, 0.717) is 23.5 Å². The standard InChI is InChI=1S/C20H21N3O4S/c1-14-5-7-15(8-6-14)19(24)20(25)21-16-9-11-17(12-10-16)28(26,27)22-18-4-3-13-23(18)2/h5-12H,3-4,13H2,1-2H3,(H,21,25)/b22-18-. The first-order chi connectivity index (χ1) is 13.3. The van der Waals surface area contributed by atoms with Crippen molar-refractivity contribution in [1.29, 1.82) is 0 Å². The number of hydrogen-bond acceptors (Lipinski definition) is 4. The fourth-order valence-electron chi connectivity index (χ4n) is 2.84. The summed E-state index contributed by atoms with van der Waals surface area (Å²) in [5.41, 5.74) is 1.61. The van der Waals surface area contributed by atoms with E-state index in [1.807, 2.05) is 18.9 Å². The van der Waals surface area contributed by atoms with Gasteiger partial charge in [-0.1, -0.05) is 29.8 Å². The number of carbonyl (C=O) groups is 2. The van der Waals surface area contributed by atoms with Crippen LogP contribution in [0.15, 0.2) is 57.8 Å². The van der Waals surface area contributed by atoms with Gasteiger partial charge in [0, 0.05) is 31.3 Å². The molecule has 0 aromatic heterocycles. The number of hydrogen-bond donors (Lipinski definition) is 1. The maximum absolute atomic E-state index is 12.4. The average Bonchev–Trinajstić information content (AvgIpc) is 3.06. The molecule has 0 radical (unpaired) electrons. The summed E-state index contributed by atoms with van der Waals surface area (Å²) in [5.74, 6) is -0.902. The Balaban J connectivity index is 1.71. The second-order valence-corrected chi connectivity index (χ2v) is 8.29. The third kappa shape index (κ3) is 4.45. The predicted octanol–water partition coefficient (Wildman–Crippen LogP) is 2.63. The molecule has 3 rings (SSSR count). The monoisotopic (exact) mass is 399 g/mol. The molecule has 2 aromatic carbocycles. The van der Waals surface area contributed by atoms with Crippen LogP contribution in [0.25, 0.3) is 0 Å². The second kappa shape index (κ2) is 7.93. The van der Waals surface area contributed by atoms with E-state index in [2.05, 4.69) is 9.71 Å². The number of Topliss-reactive ketones (excluding diaryl/α,β-unsaturated/α-hetero) is 1. The van der Waals surface area contributed by atoms with Crippen molar-refractivity contribution in [3.05, 3.63) is 59.7 Å². The Kier molecular flexibility index (Phi) is 5.60. The molecule has 1 saturated heterocycles. The van der Waals surface area contributed by atoms with Gasteiger partial charge in [0.2, 0.25) is 0 Å². The van der Waals surface area contributed by atoms with Gasteiger partial charge >= 0.3 is 0 Å². The van der Waals surface area contributed by atoms with E-state index in [-0.39, 0.29) is 4.90 Å². The van der Waals surface area contributed by atoms with E-state index in [1.165, 1.54) is 24.3 Å². The summed E-state index contributed by atoms with van der Waals surface area (Å²) >= 11 is 0. The smallest absolute Gasteiger partial charge is 0.296 e. The SMILES string of the molecule is Cc1ccc(C(=O)C(=O)Nc2ccc(S(=O)(=O)/N=C3/CCCN3C)cc2)cc1. The number of amides is 1. The zero-order chi connectivity index (χ0) is 20.3. The molecular formula is C20H21N3O4S. The molecule has 2 aromatic rings. The van der Waals surface area contributed by atoms with Crippen LogP contribution < -0.4 is 5.32 Å². The van der Waals surface area contributed by atoms with Gasteiger partial charge in [0.25, 0.3) is 21.7 Å². The van der Waals surface area contributed by atoms with Gasteiger partial charge < -0.3 is 10.2 Å². The lowest BCUT2D eigenvalue weighted by Gasteiger charge is -2.11. The number of rotatable bonds is 5. The number of sulfonamides is 1. The number of anilines is 1. The van der Waals surface area contributed by atoms with Gasteiger partial charge in [-0.25, -0.2) is 0 Å². The molecular weight excluding hydrogens is 378 g/mol. The fourth-order valence-corrected chi connectivity index (χ4v) is 3.93. The lowest BCUT2D eigenvalue weighted by Crippen LogP contribution is -2.22. The normalized spacial score (nSPS) is 15.6. The van der Waals surface area contributed by atoms with Crippen molar-refractivity contribution in [2.75, 3.05) is 18.9 Å². The molecule has 1 aliphatic heterocycles. The molecule has 8 heteroatoms. The van der Waals surface area contributed by atoms with Crippen LogP contribution in [0.4, 0.5) is 5.69 Å². The summed E-state index contributed by atoms with van der Waals surface area (Å²) in [6.07, 6.45) is 1.51. The van der Waals surface area contributed by atoms with Gasteiger partial charge in [0.05, 0.1) is 4.90 Å². The average molecular weight is 399 g/mol. The maximum Gasteiger partial charge on any atom is 0.296 e. The van der Waals surface area contributed by atoms with E-state index in [0.717, 1.165) is 18.5 Å². The van der Waals surface area contributed by atoms with Gasteiger partial charge in [0.15, 0.2) is 0 Å². The maximum atomic E-state index is 12.4. The van der Waals surface area contributed by atoms with E-state index in [4.69, 9.17) is 0 Å². The molecule has 146 valence electrons. The summed E-state index contributed by atoms with van der Waals surface area (Å²) in [4.78, 5) is 26.2. The van der Waals surface area contributed by atoms with Crippen LogP contribution in [-0.4, -0.2) is 44.4 Å². The molecule has 1 amide bonds. The van der Waals surface area contributed by atoms with Crippen molar-refractivity contribution in [1.82, 2.24) is 4.90 Å². The molecule has 1 aliphatic rings. The number of benzene rings is 2. The predicted molar refractivity (Wildman–Crippen MR) is 107 cm³/mol. The van der Waals surface area contributed by atoms with Gasteiger partial charge in [0.1, 0.15) is 5.84 Å². The molecule has 0 aliphatic carbocycles. The Labute approximate surface area is 164 Å². The highest BCUT2D eigenvalue weighted by Gasteiger charge is 2.21. The van der Waals surface area contributed by atoms with E-state index in [1.54, 1.807) is 24.3 Å². The molecule has 0 unspecified atom stereocenters. The summed E-state index contributed by atoms with van der Waals surface area (Å²) in [7, 11) is -2.01. The summed E-state index contributed by atoms with van der Waals surface area (Å²) in [6, 6.07) is 12.3. The zero-order valence-corrected chi connectivity index (χ0v) is 16.5. The number of ketones is 1. The van der Waals surface area contributed by atoms with E-state index < -0.39 is 21.7 Å². The summed E-state index contributed by atoms with van der Waals surface area (Å²) in [5, 5.41) is 2.49. The van der Waals surface area contributed by atoms with Gasteiger partial charge in [-0.05, 0) is 37.6 Å². The lowest BCUT2D eigenvalue weighted by atomic mass is 10.1. The topological polar surface area (TPSA) is 95.9 Å². The number of amidine groups is 1. The molecule has 0 spiro atoms. The third-order valence-corrected chi connectivity index (χ3v) is 5.81. The summed E-state index contributed by atoms with van der Waals surface area (Å²) in [6.45, 7) is 2.67. The van der Waals surface area contributed by atoms with Crippen LogP contribution in [-0.2, 0) is 14.8 Å². The van der Waals surface area contributed by atoms with Crippen LogP contribution in [0.1, 0.15) is 28.8 Å². The highest BCUT2D eigenvalue weighted by Crippen LogP contribution is 2.19. The minimum absolute atomic E-state index is 0.0307. The Bertz CT molecular complexity index is 1030. The van der Waals surface area contributed by atoms with Crippen LogP contribution in [0, 0.1) is 6.92 Å². The van der Waals surface area contributed by atoms with Crippen molar-refractivity contribution in [2.45, 2.75) is 24.7 Å². The molecule has 0 saturated carbocycles. The Hall–Kier alpha value is -3.00. The van der Waals surface area contributed by atoms with Crippen molar-refractivity contribution in [3.63, 3.8) is 0 Å².